The van der Waals surface area contributed by atoms with Crippen molar-refractivity contribution in [2.24, 2.45) is 0 Å². The first-order valence-corrected chi connectivity index (χ1v) is 25.6. The van der Waals surface area contributed by atoms with E-state index >= 15 is 0 Å². The van der Waals surface area contributed by atoms with Crippen molar-refractivity contribution in [3.05, 3.63) is 0 Å². The second kappa shape index (κ2) is 9.87. The quantitative estimate of drug-likeness (QED) is 0.328. The van der Waals surface area contributed by atoms with Gasteiger partial charge in [0.15, 0.2) is 0 Å². The predicted molar refractivity (Wildman–Crippen MR) is 146 cm³/mol. The molecule has 3 saturated carbocycles. The summed E-state index contributed by atoms with van der Waals surface area (Å²) in [6.07, 6.45) is 20.9. The molecule has 0 aromatic rings. The third-order valence-electron chi connectivity index (χ3n) is 6.75. The van der Waals surface area contributed by atoms with Crippen LogP contribution in [0.5, 0.6) is 0 Å². The predicted octanol–water partition coefficient (Wildman–Crippen LogP) is 10.1. The normalized spacial score (nSPS) is 43.6. The first kappa shape index (κ1) is 23.2. The molecule has 0 spiro atoms. The summed E-state index contributed by atoms with van der Waals surface area (Å²) in [5.74, 6) is 0. The lowest BCUT2D eigenvalue weighted by Gasteiger charge is -2.49. The Morgan fingerprint density at radius 3 is 0.852 bits per heavy atom. The maximum Gasteiger partial charge on any atom is 0.0712 e. The summed E-state index contributed by atoms with van der Waals surface area (Å²) in [6.45, 7) is 0. The maximum absolute atomic E-state index is 6.66. The molecule has 9 heteroatoms. The average Bonchev–Trinajstić information content (AvgIpc) is 2.69. The first-order valence-electron chi connectivity index (χ1n) is 10.9. The highest BCUT2D eigenvalue weighted by molar-refractivity contribution is 9.46. The Labute approximate surface area is 193 Å². The fourth-order valence-electron chi connectivity index (χ4n) is 5.11. The molecule has 0 bridgehead atoms. The van der Waals surface area contributed by atoms with Gasteiger partial charge >= 0.3 is 0 Å². The molecular formula is C18H33P3S6. The van der Waals surface area contributed by atoms with Gasteiger partial charge in [0.1, 0.15) is 0 Å². The third-order valence-corrected chi connectivity index (χ3v) is 58.4. The monoisotopic (exact) mass is 534 g/mol. The lowest BCUT2D eigenvalue weighted by molar-refractivity contribution is 0.513. The van der Waals surface area contributed by atoms with E-state index in [0.717, 1.165) is 17.0 Å². The second-order valence-electron chi connectivity index (χ2n) is 8.74. The molecule has 0 atom stereocenters. The Hall–Kier alpha value is 3.00. The van der Waals surface area contributed by atoms with Crippen LogP contribution in [0.3, 0.4) is 0 Å². The minimum Gasteiger partial charge on any atom is -0.0733 e. The zero-order valence-corrected chi connectivity index (χ0v) is 23.7. The van der Waals surface area contributed by atoms with E-state index in [1.54, 1.807) is 0 Å². The molecule has 1 aliphatic heterocycles. The van der Waals surface area contributed by atoms with E-state index < -0.39 is 13.3 Å². The molecule has 0 amide bonds. The Kier molecular flexibility index (Phi) is 8.47. The van der Waals surface area contributed by atoms with Crippen molar-refractivity contribution in [3.8, 4) is 0 Å². The molecule has 4 fully saturated rings. The van der Waals surface area contributed by atoms with Crippen LogP contribution in [0, 0.1) is 0 Å². The van der Waals surface area contributed by atoms with Crippen LogP contribution in [0.4, 0.5) is 0 Å². The van der Waals surface area contributed by atoms with Crippen molar-refractivity contribution >= 4 is 81.7 Å². The van der Waals surface area contributed by atoms with E-state index in [0.29, 0.717) is 0 Å². The van der Waals surface area contributed by atoms with E-state index in [-0.39, 0.29) is 0 Å². The summed E-state index contributed by atoms with van der Waals surface area (Å²) in [5, 5.41) is 0. The van der Waals surface area contributed by atoms with Crippen molar-refractivity contribution in [1.29, 1.82) is 0 Å². The second-order valence-corrected chi connectivity index (χ2v) is 42.3. The van der Waals surface area contributed by atoms with Gasteiger partial charge in [0.05, 0.1) is 13.3 Å². The van der Waals surface area contributed by atoms with Crippen molar-refractivity contribution in [2.45, 2.75) is 113 Å². The van der Waals surface area contributed by atoms with Crippen LogP contribution in [-0.2, 0) is 35.4 Å². The van der Waals surface area contributed by atoms with Crippen LogP contribution in [-0.4, -0.2) is 17.0 Å². The average molecular weight is 535 g/mol. The summed E-state index contributed by atoms with van der Waals surface area (Å²) >= 11 is 26.7. The van der Waals surface area contributed by atoms with Crippen LogP contribution in [0.1, 0.15) is 96.3 Å². The molecule has 27 heavy (non-hydrogen) atoms. The van der Waals surface area contributed by atoms with Gasteiger partial charge in [0.2, 0.25) is 0 Å². The minimum absolute atomic E-state index is 0.786. The zero-order valence-electron chi connectivity index (χ0n) is 16.1. The van der Waals surface area contributed by atoms with E-state index in [1.165, 1.54) is 96.3 Å². The minimum atomic E-state index is -1.53. The van der Waals surface area contributed by atoms with Crippen molar-refractivity contribution < 1.29 is 0 Å². The third kappa shape index (κ3) is 5.33. The topological polar surface area (TPSA) is 0 Å². The first-order chi connectivity index (χ1) is 12.9. The Morgan fingerprint density at radius 2 is 0.630 bits per heavy atom. The molecule has 4 rings (SSSR count). The number of hydrogen-bond donors (Lipinski definition) is 0. The molecule has 0 unspecified atom stereocenters. The van der Waals surface area contributed by atoms with Crippen LogP contribution in [0.2, 0.25) is 0 Å². The fraction of sp³-hybridized carbons (Fsp3) is 1.00. The molecule has 0 radical (unpaired) electrons. The van der Waals surface area contributed by atoms with E-state index in [2.05, 4.69) is 33.0 Å². The molecule has 3 aliphatic carbocycles. The lowest BCUT2D eigenvalue weighted by atomic mass is 10.0. The van der Waals surface area contributed by atoms with Gasteiger partial charge < -0.3 is 0 Å². The number of rotatable bonds is 3. The highest BCUT2D eigenvalue weighted by Gasteiger charge is 2.52. The molecule has 0 nitrogen and oxygen atoms in total. The van der Waals surface area contributed by atoms with E-state index in [1.807, 2.05) is 0 Å². The van der Waals surface area contributed by atoms with Gasteiger partial charge in [-0.1, -0.05) is 126 Å². The number of hydrogen-bond acceptors (Lipinski definition) is 6. The van der Waals surface area contributed by atoms with Gasteiger partial charge in [0, 0.05) is 17.0 Å². The van der Waals surface area contributed by atoms with Gasteiger partial charge in [-0.2, -0.15) is 0 Å². The lowest BCUT2D eigenvalue weighted by Crippen LogP contribution is -2.17. The molecule has 1 saturated heterocycles. The molecule has 1 heterocycles. The highest BCUT2D eigenvalue weighted by Crippen LogP contribution is 3.09. The van der Waals surface area contributed by atoms with Crippen molar-refractivity contribution in [1.82, 2.24) is 0 Å². The molecule has 0 N–H and O–H groups in total. The summed E-state index contributed by atoms with van der Waals surface area (Å²) in [5.41, 5.74) is 2.36. The molecular weight excluding hydrogens is 502 g/mol. The summed E-state index contributed by atoms with van der Waals surface area (Å²) in [4.78, 5) is 0. The van der Waals surface area contributed by atoms with Crippen LogP contribution >= 0.6 is 46.3 Å². The maximum atomic E-state index is 6.66. The molecule has 156 valence electrons. The Bertz CT molecular complexity index is 554. The Morgan fingerprint density at radius 1 is 0.407 bits per heavy atom. The van der Waals surface area contributed by atoms with Crippen LogP contribution in [0.25, 0.3) is 0 Å². The van der Waals surface area contributed by atoms with Crippen molar-refractivity contribution in [2.75, 3.05) is 0 Å². The van der Waals surface area contributed by atoms with Gasteiger partial charge in [-0.25, -0.2) is 0 Å². The fourth-order valence-corrected chi connectivity index (χ4v) is 95.1. The molecule has 0 aromatic carbocycles. The Balaban J connectivity index is 1.66. The summed E-state index contributed by atoms with van der Waals surface area (Å²) in [6, 6.07) is 0. The summed E-state index contributed by atoms with van der Waals surface area (Å²) in [7, 11) is 0. The van der Waals surface area contributed by atoms with Crippen LogP contribution in [0.15, 0.2) is 0 Å². The van der Waals surface area contributed by atoms with Gasteiger partial charge in [-0.3, -0.25) is 0 Å². The zero-order chi connectivity index (χ0) is 19.0. The molecule has 0 aromatic heterocycles. The smallest absolute Gasteiger partial charge is 0.0712 e. The van der Waals surface area contributed by atoms with Gasteiger partial charge in [-0.05, 0) is 38.5 Å². The summed E-state index contributed by atoms with van der Waals surface area (Å²) < 4.78 is -4.59. The van der Waals surface area contributed by atoms with Gasteiger partial charge in [-0.15, -0.1) is 0 Å². The van der Waals surface area contributed by atoms with E-state index in [4.69, 9.17) is 35.4 Å². The standard InChI is InChI=1S/C18H33P3S6/c22-19(16-10-4-1-5-11-16)25-20(23,17-12-6-2-7-13-17)27-21(24,26-19)18-14-8-3-9-15-18/h16-18H,1-15H2. The van der Waals surface area contributed by atoms with Crippen molar-refractivity contribution in [3.63, 3.8) is 0 Å². The SMILES string of the molecule is S=P1(C2CCCCC2)SP(=S)(C2CCCCC2)SP(=S)(C2CCCCC2)S1. The van der Waals surface area contributed by atoms with Gasteiger partial charge in [0.25, 0.3) is 0 Å². The molecule has 4 aliphatic rings. The van der Waals surface area contributed by atoms with Crippen LogP contribution < -0.4 is 0 Å². The van der Waals surface area contributed by atoms with E-state index in [9.17, 15) is 0 Å². The highest BCUT2D eigenvalue weighted by atomic mass is 33.7. The largest absolute Gasteiger partial charge is 0.0733 e.